The molecule has 2 amide bonds. The molecule has 1 atom stereocenters. The number of ether oxygens (including phenoxy) is 1. The molecule has 1 fully saturated rings. The molecule has 0 bridgehead atoms. The van der Waals surface area contributed by atoms with Gasteiger partial charge in [0.1, 0.15) is 18.3 Å². The number of anilines is 1. The van der Waals surface area contributed by atoms with Crippen molar-refractivity contribution < 1.29 is 22.7 Å². The van der Waals surface area contributed by atoms with Gasteiger partial charge in [0.05, 0.1) is 17.7 Å². The number of hydrogen-bond acceptors (Lipinski definition) is 5. The minimum absolute atomic E-state index is 0.0319. The third-order valence-corrected chi connectivity index (χ3v) is 10.0. The monoisotopic (exact) mass is 631 g/mol. The zero-order valence-electron chi connectivity index (χ0n) is 23.8. The summed E-state index contributed by atoms with van der Waals surface area (Å²) in [7, 11) is -2.67. The number of nitrogens with one attached hydrogen (secondary N) is 1. The molecule has 1 aliphatic rings. The second-order valence-corrected chi connectivity index (χ2v) is 13.1. The Bertz CT molecular complexity index is 1490. The fraction of sp³-hybridized carbons (Fsp3) is 0.355. The lowest BCUT2D eigenvalue weighted by molar-refractivity contribution is -0.139. The summed E-state index contributed by atoms with van der Waals surface area (Å²) in [5, 5.41) is 3.72. The van der Waals surface area contributed by atoms with Crippen LogP contribution in [-0.4, -0.2) is 50.9 Å². The fourth-order valence-corrected chi connectivity index (χ4v) is 6.87. The lowest BCUT2D eigenvalue weighted by Gasteiger charge is -2.33. The van der Waals surface area contributed by atoms with Crippen LogP contribution in [0.25, 0.3) is 0 Å². The van der Waals surface area contributed by atoms with Crippen molar-refractivity contribution in [2.24, 2.45) is 0 Å². The Morgan fingerprint density at radius 2 is 1.57 bits per heavy atom. The molecule has 0 saturated heterocycles. The van der Waals surface area contributed by atoms with Crippen molar-refractivity contribution in [1.82, 2.24) is 10.2 Å². The minimum atomic E-state index is -4.18. The number of rotatable bonds is 11. The molecular formula is C31H35Cl2N3O5S. The Balaban J connectivity index is 1.72. The summed E-state index contributed by atoms with van der Waals surface area (Å²) in [6.07, 6.45) is 3.82. The number of carbonyl (C=O) groups is 2. The van der Waals surface area contributed by atoms with Crippen LogP contribution in [0, 0.1) is 6.92 Å². The Hall–Kier alpha value is -3.27. The Morgan fingerprint density at radius 1 is 0.976 bits per heavy atom. The Kier molecular flexibility index (Phi) is 10.4. The zero-order valence-corrected chi connectivity index (χ0v) is 26.2. The van der Waals surface area contributed by atoms with Crippen LogP contribution >= 0.6 is 23.2 Å². The van der Waals surface area contributed by atoms with Crippen molar-refractivity contribution in [1.29, 1.82) is 0 Å². The van der Waals surface area contributed by atoms with E-state index in [0.717, 1.165) is 35.6 Å². The van der Waals surface area contributed by atoms with Crippen molar-refractivity contribution in [3.05, 3.63) is 87.9 Å². The average Bonchev–Trinajstić information content (AvgIpc) is 3.48. The van der Waals surface area contributed by atoms with Gasteiger partial charge in [-0.1, -0.05) is 59.8 Å². The first-order valence-corrected chi connectivity index (χ1v) is 16.0. The molecule has 0 aromatic heterocycles. The van der Waals surface area contributed by atoms with Gasteiger partial charge < -0.3 is 15.0 Å². The second kappa shape index (κ2) is 13.8. The summed E-state index contributed by atoms with van der Waals surface area (Å²) in [6.45, 7) is 2.83. The van der Waals surface area contributed by atoms with Gasteiger partial charge in [0.2, 0.25) is 11.8 Å². The topological polar surface area (TPSA) is 96.0 Å². The van der Waals surface area contributed by atoms with Gasteiger partial charge in [0.15, 0.2) is 0 Å². The number of methoxy groups -OCH3 is 1. The van der Waals surface area contributed by atoms with E-state index in [4.69, 9.17) is 27.9 Å². The number of sulfonamides is 1. The van der Waals surface area contributed by atoms with Gasteiger partial charge in [0.25, 0.3) is 10.0 Å². The van der Waals surface area contributed by atoms with Crippen molar-refractivity contribution in [3.8, 4) is 5.75 Å². The summed E-state index contributed by atoms with van der Waals surface area (Å²) in [6, 6.07) is 16.9. The molecule has 0 spiro atoms. The van der Waals surface area contributed by atoms with E-state index in [1.54, 1.807) is 61.5 Å². The summed E-state index contributed by atoms with van der Waals surface area (Å²) in [5.74, 6) is -0.382. The predicted molar refractivity (Wildman–Crippen MR) is 166 cm³/mol. The van der Waals surface area contributed by atoms with Crippen LogP contribution in [0.4, 0.5) is 5.69 Å². The second-order valence-electron chi connectivity index (χ2n) is 10.4. The number of aryl methyl sites for hydroxylation is 1. The zero-order chi connectivity index (χ0) is 30.4. The van der Waals surface area contributed by atoms with E-state index >= 15 is 0 Å². The molecular weight excluding hydrogens is 597 g/mol. The van der Waals surface area contributed by atoms with Gasteiger partial charge in [-0.15, -0.1) is 0 Å². The number of carbonyl (C=O) groups excluding carboxylic acids is 2. The van der Waals surface area contributed by atoms with Gasteiger partial charge in [-0.3, -0.25) is 13.9 Å². The first-order valence-electron chi connectivity index (χ1n) is 13.8. The minimum Gasteiger partial charge on any atom is -0.497 e. The lowest BCUT2D eigenvalue weighted by atomic mass is 10.1. The van der Waals surface area contributed by atoms with Crippen LogP contribution in [0.5, 0.6) is 5.75 Å². The van der Waals surface area contributed by atoms with E-state index in [-0.39, 0.29) is 29.1 Å². The lowest BCUT2D eigenvalue weighted by Crippen LogP contribution is -2.52. The number of benzene rings is 3. The van der Waals surface area contributed by atoms with Crippen LogP contribution in [-0.2, 0) is 26.2 Å². The third kappa shape index (κ3) is 7.38. The molecule has 0 aliphatic heterocycles. The molecule has 1 unspecified atom stereocenters. The van der Waals surface area contributed by atoms with Crippen LogP contribution in [0.3, 0.4) is 0 Å². The van der Waals surface area contributed by atoms with Gasteiger partial charge in [-0.2, -0.15) is 0 Å². The molecule has 0 heterocycles. The van der Waals surface area contributed by atoms with Crippen LogP contribution in [0.2, 0.25) is 10.0 Å². The van der Waals surface area contributed by atoms with Crippen molar-refractivity contribution in [2.45, 2.75) is 63.1 Å². The van der Waals surface area contributed by atoms with Crippen LogP contribution in [0.1, 0.15) is 43.7 Å². The molecule has 1 N–H and O–H groups in total. The standard InChI is InChI=1S/C31H35Cl2N3O5S/c1-21-11-17-26(18-12-21)42(39,40)36(24-13-15-25(41-3)16-14-24)20-30(37)35(19-27-28(32)9-6-10-29(27)33)22(2)31(38)34-23-7-4-5-8-23/h6,9-18,22-23H,4-5,7-8,19-20H2,1-3H3,(H,34,38). The summed E-state index contributed by atoms with van der Waals surface area (Å²) in [5.41, 5.74) is 1.63. The highest BCUT2D eigenvalue weighted by atomic mass is 35.5. The molecule has 3 aromatic carbocycles. The van der Waals surface area contributed by atoms with E-state index in [1.165, 1.54) is 24.1 Å². The maximum absolute atomic E-state index is 14.1. The van der Waals surface area contributed by atoms with Gasteiger partial charge in [0, 0.05) is 28.2 Å². The molecule has 1 saturated carbocycles. The number of amides is 2. The molecule has 4 rings (SSSR count). The summed E-state index contributed by atoms with van der Waals surface area (Å²) < 4.78 is 34.2. The highest BCUT2D eigenvalue weighted by Crippen LogP contribution is 2.29. The molecule has 224 valence electrons. The highest BCUT2D eigenvalue weighted by molar-refractivity contribution is 7.92. The smallest absolute Gasteiger partial charge is 0.264 e. The molecule has 42 heavy (non-hydrogen) atoms. The first kappa shape index (κ1) is 31.7. The normalized spacial score (nSPS) is 14.3. The predicted octanol–water partition coefficient (Wildman–Crippen LogP) is 5.98. The third-order valence-electron chi connectivity index (χ3n) is 7.51. The van der Waals surface area contributed by atoms with Crippen LogP contribution in [0.15, 0.2) is 71.6 Å². The van der Waals surface area contributed by atoms with Gasteiger partial charge in [-0.25, -0.2) is 8.42 Å². The van der Waals surface area contributed by atoms with E-state index in [9.17, 15) is 18.0 Å². The van der Waals surface area contributed by atoms with Gasteiger partial charge in [-0.05, 0) is 75.2 Å². The maximum Gasteiger partial charge on any atom is 0.264 e. The molecule has 11 heteroatoms. The van der Waals surface area contributed by atoms with E-state index in [2.05, 4.69) is 5.32 Å². The first-order chi connectivity index (χ1) is 20.0. The molecule has 1 aliphatic carbocycles. The van der Waals surface area contributed by atoms with E-state index in [0.29, 0.717) is 21.4 Å². The quantitative estimate of drug-likeness (QED) is 0.281. The van der Waals surface area contributed by atoms with Crippen molar-refractivity contribution in [3.63, 3.8) is 0 Å². The van der Waals surface area contributed by atoms with E-state index in [1.807, 2.05) is 6.92 Å². The Labute approximate surface area is 257 Å². The van der Waals surface area contributed by atoms with Crippen molar-refractivity contribution >= 4 is 50.7 Å². The maximum atomic E-state index is 14.1. The fourth-order valence-electron chi connectivity index (χ4n) is 4.94. The van der Waals surface area contributed by atoms with Gasteiger partial charge >= 0.3 is 0 Å². The SMILES string of the molecule is COc1ccc(N(CC(=O)N(Cc2c(Cl)cccc2Cl)C(C)C(=O)NC2CCCC2)S(=O)(=O)c2ccc(C)cc2)cc1. The number of nitrogens with zero attached hydrogens (tertiary/aromatic N) is 2. The number of hydrogen-bond donors (Lipinski definition) is 1. The molecule has 3 aromatic rings. The average molecular weight is 633 g/mol. The van der Waals surface area contributed by atoms with E-state index < -0.39 is 28.5 Å². The molecule has 8 nitrogen and oxygen atoms in total. The molecule has 0 radical (unpaired) electrons. The largest absolute Gasteiger partial charge is 0.497 e. The highest BCUT2D eigenvalue weighted by Gasteiger charge is 2.34. The number of halogens is 2. The summed E-state index contributed by atoms with van der Waals surface area (Å²) in [4.78, 5) is 28.8. The van der Waals surface area contributed by atoms with Crippen LogP contribution < -0.4 is 14.4 Å². The van der Waals surface area contributed by atoms with Crippen molar-refractivity contribution in [2.75, 3.05) is 18.0 Å². The summed E-state index contributed by atoms with van der Waals surface area (Å²) >= 11 is 12.9. The Morgan fingerprint density at radius 3 is 2.14 bits per heavy atom.